The molecule has 1 aliphatic rings. The van der Waals surface area contributed by atoms with Crippen molar-refractivity contribution in [3.63, 3.8) is 0 Å². The summed E-state index contributed by atoms with van der Waals surface area (Å²) in [6, 6.07) is 6.77. The van der Waals surface area contributed by atoms with E-state index in [4.69, 9.17) is 4.74 Å². The Hall–Kier alpha value is -1.56. The molecule has 0 saturated heterocycles. The van der Waals surface area contributed by atoms with Crippen molar-refractivity contribution in [1.82, 2.24) is 5.32 Å². The second-order valence-electron chi connectivity index (χ2n) is 7.82. The molecule has 1 atom stereocenters. The molecule has 6 heteroatoms. The summed E-state index contributed by atoms with van der Waals surface area (Å²) in [5.74, 6) is -0.0902. The van der Waals surface area contributed by atoms with Crippen LogP contribution in [0.5, 0.6) is 0 Å². The van der Waals surface area contributed by atoms with Gasteiger partial charge >= 0.3 is 6.09 Å². The summed E-state index contributed by atoms with van der Waals surface area (Å²) in [6.45, 7) is 7.19. The van der Waals surface area contributed by atoms with Crippen molar-refractivity contribution in [1.29, 1.82) is 0 Å². The van der Waals surface area contributed by atoms with Gasteiger partial charge in [-0.2, -0.15) is 0 Å². The van der Waals surface area contributed by atoms with E-state index in [0.29, 0.717) is 0 Å². The van der Waals surface area contributed by atoms with Crippen LogP contribution in [0.1, 0.15) is 58.4 Å². The van der Waals surface area contributed by atoms with E-state index in [1.165, 1.54) is 0 Å². The average molecular weight is 368 g/mol. The van der Waals surface area contributed by atoms with Gasteiger partial charge in [0.2, 0.25) is 0 Å². The lowest BCUT2D eigenvalue weighted by molar-refractivity contribution is 0.0502. The standard InChI is InChI=1S/C19H29NO4S/c1-14-10-12-16(13-11-14)25(22,23)17(15-8-6-5-7-9-15)20-18(21)24-19(2,3)4/h10-13,15,17H,5-9H2,1-4H3,(H,20,21). The normalized spacial score (nSPS) is 17.8. The Labute approximate surface area is 151 Å². The molecule has 1 amide bonds. The number of amides is 1. The molecule has 1 saturated carbocycles. The average Bonchev–Trinajstić information content (AvgIpc) is 2.52. The summed E-state index contributed by atoms with van der Waals surface area (Å²) in [4.78, 5) is 12.5. The molecule has 0 bridgehead atoms. The smallest absolute Gasteiger partial charge is 0.408 e. The molecule has 1 aliphatic carbocycles. The fraction of sp³-hybridized carbons (Fsp3) is 0.632. The molecule has 0 radical (unpaired) electrons. The number of carbonyl (C=O) groups is 1. The minimum atomic E-state index is -3.68. The van der Waals surface area contributed by atoms with Gasteiger partial charge in [-0.3, -0.25) is 0 Å². The van der Waals surface area contributed by atoms with Crippen molar-refractivity contribution in [3.05, 3.63) is 29.8 Å². The quantitative estimate of drug-likeness (QED) is 0.865. The largest absolute Gasteiger partial charge is 0.444 e. The van der Waals surface area contributed by atoms with Gasteiger partial charge in [-0.15, -0.1) is 0 Å². The van der Waals surface area contributed by atoms with Gasteiger partial charge in [-0.05, 0) is 58.6 Å². The topological polar surface area (TPSA) is 72.5 Å². The maximum Gasteiger partial charge on any atom is 0.408 e. The Kier molecular flexibility index (Phi) is 6.14. The van der Waals surface area contributed by atoms with Gasteiger partial charge in [0.15, 0.2) is 9.84 Å². The van der Waals surface area contributed by atoms with Gasteiger partial charge in [-0.25, -0.2) is 13.2 Å². The first-order valence-corrected chi connectivity index (χ1v) is 10.4. The number of alkyl carbamates (subject to hydrolysis) is 1. The van der Waals surface area contributed by atoms with Gasteiger partial charge in [0.1, 0.15) is 11.0 Å². The van der Waals surface area contributed by atoms with Crippen LogP contribution in [0.25, 0.3) is 0 Å². The number of sulfone groups is 1. The third-order valence-corrected chi connectivity index (χ3v) is 6.52. The third kappa shape index (κ3) is 5.46. The summed E-state index contributed by atoms with van der Waals surface area (Å²) in [7, 11) is -3.68. The zero-order chi connectivity index (χ0) is 18.7. The van der Waals surface area contributed by atoms with Crippen molar-refractivity contribution in [2.45, 2.75) is 75.7 Å². The molecule has 5 nitrogen and oxygen atoms in total. The molecule has 0 spiro atoms. The molecular weight excluding hydrogens is 338 g/mol. The molecule has 0 aliphatic heterocycles. The van der Waals surface area contributed by atoms with E-state index < -0.39 is 26.9 Å². The number of ether oxygens (including phenoxy) is 1. The molecule has 1 N–H and O–H groups in total. The molecule has 2 rings (SSSR count). The van der Waals surface area contributed by atoms with Crippen LogP contribution < -0.4 is 5.32 Å². The summed E-state index contributed by atoms with van der Waals surface area (Å²) >= 11 is 0. The Bertz CT molecular complexity index is 683. The molecule has 0 aromatic heterocycles. The first-order valence-electron chi connectivity index (χ1n) is 8.90. The molecule has 25 heavy (non-hydrogen) atoms. The highest BCUT2D eigenvalue weighted by atomic mass is 32.2. The van der Waals surface area contributed by atoms with Gasteiger partial charge in [0, 0.05) is 0 Å². The molecule has 1 fully saturated rings. The van der Waals surface area contributed by atoms with Crippen LogP contribution in [0.15, 0.2) is 29.2 Å². The lowest BCUT2D eigenvalue weighted by Gasteiger charge is -2.31. The number of rotatable bonds is 4. The maximum atomic E-state index is 13.2. The van der Waals surface area contributed by atoms with E-state index in [2.05, 4.69) is 5.32 Å². The van der Waals surface area contributed by atoms with Crippen molar-refractivity contribution in [3.8, 4) is 0 Å². The van der Waals surface area contributed by atoms with E-state index in [1.807, 2.05) is 6.92 Å². The number of hydrogen-bond donors (Lipinski definition) is 1. The van der Waals surface area contributed by atoms with E-state index in [1.54, 1.807) is 45.0 Å². The second-order valence-corrected chi connectivity index (χ2v) is 9.89. The van der Waals surface area contributed by atoms with E-state index in [-0.39, 0.29) is 10.8 Å². The Morgan fingerprint density at radius 3 is 2.20 bits per heavy atom. The van der Waals surface area contributed by atoms with Gasteiger partial charge in [0.25, 0.3) is 0 Å². The van der Waals surface area contributed by atoms with Crippen LogP contribution in [0.3, 0.4) is 0 Å². The number of nitrogens with one attached hydrogen (secondary N) is 1. The van der Waals surface area contributed by atoms with Crippen LogP contribution in [0.2, 0.25) is 0 Å². The molecule has 0 heterocycles. The van der Waals surface area contributed by atoms with Crippen LogP contribution >= 0.6 is 0 Å². The van der Waals surface area contributed by atoms with Crippen molar-refractivity contribution >= 4 is 15.9 Å². The van der Waals surface area contributed by atoms with E-state index in [0.717, 1.165) is 37.7 Å². The molecule has 1 aromatic rings. The van der Waals surface area contributed by atoms with Gasteiger partial charge in [-0.1, -0.05) is 37.0 Å². The van der Waals surface area contributed by atoms with Gasteiger partial charge < -0.3 is 10.1 Å². The SMILES string of the molecule is Cc1ccc(S(=O)(=O)C(NC(=O)OC(C)(C)C)C2CCCCC2)cc1. The number of aryl methyl sites for hydroxylation is 1. The predicted molar refractivity (Wildman–Crippen MR) is 98.1 cm³/mol. The molecule has 1 aromatic carbocycles. The zero-order valence-corrected chi connectivity index (χ0v) is 16.4. The monoisotopic (exact) mass is 367 g/mol. The van der Waals surface area contributed by atoms with Crippen molar-refractivity contribution < 1.29 is 17.9 Å². The fourth-order valence-electron chi connectivity index (χ4n) is 3.18. The fourth-order valence-corrected chi connectivity index (χ4v) is 5.02. The Morgan fingerprint density at radius 1 is 1.12 bits per heavy atom. The van der Waals surface area contributed by atoms with Crippen LogP contribution in [-0.2, 0) is 14.6 Å². The number of hydrogen-bond acceptors (Lipinski definition) is 4. The van der Waals surface area contributed by atoms with E-state index >= 15 is 0 Å². The van der Waals surface area contributed by atoms with Crippen LogP contribution in [-0.4, -0.2) is 25.5 Å². The highest BCUT2D eigenvalue weighted by Gasteiger charge is 2.37. The highest BCUT2D eigenvalue weighted by molar-refractivity contribution is 7.92. The predicted octanol–water partition coefficient (Wildman–Crippen LogP) is 4.20. The third-order valence-electron chi connectivity index (χ3n) is 4.42. The minimum Gasteiger partial charge on any atom is -0.444 e. The first kappa shape index (κ1) is 19.8. The number of benzene rings is 1. The Balaban J connectivity index is 2.29. The second kappa shape index (κ2) is 7.77. The zero-order valence-electron chi connectivity index (χ0n) is 15.5. The molecular formula is C19H29NO4S. The van der Waals surface area contributed by atoms with Crippen molar-refractivity contribution in [2.24, 2.45) is 5.92 Å². The summed E-state index contributed by atoms with van der Waals surface area (Å²) in [5.41, 5.74) is 0.322. The summed E-state index contributed by atoms with van der Waals surface area (Å²) in [6.07, 6.45) is 4.00. The van der Waals surface area contributed by atoms with Gasteiger partial charge in [0.05, 0.1) is 4.90 Å². The Morgan fingerprint density at radius 2 is 1.68 bits per heavy atom. The van der Waals surface area contributed by atoms with E-state index in [9.17, 15) is 13.2 Å². The summed E-state index contributed by atoms with van der Waals surface area (Å²) in [5, 5.41) is 1.69. The number of carbonyl (C=O) groups excluding carboxylic acids is 1. The first-order chi connectivity index (χ1) is 11.6. The lowest BCUT2D eigenvalue weighted by Crippen LogP contribution is -2.48. The lowest BCUT2D eigenvalue weighted by atomic mass is 9.89. The van der Waals surface area contributed by atoms with Crippen molar-refractivity contribution in [2.75, 3.05) is 0 Å². The molecule has 140 valence electrons. The van der Waals surface area contributed by atoms with Crippen LogP contribution in [0.4, 0.5) is 4.79 Å². The summed E-state index contributed by atoms with van der Waals surface area (Å²) < 4.78 is 31.6. The minimum absolute atomic E-state index is 0.0902. The highest BCUT2D eigenvalue weighted by Crippen LogP contribution is 2.31. The van der Waals surface area contributed by atoms with Crippen LogP contribution in [0, 0.1) is 12.8 Å². The molecule has 1 unspecified atom stereocenters. The maximum absolute atomic E-state index is 13.2.